The van der Waals surface area contributed by atoms with Gasteiger partial charge in [0.05, 0.1) is 11.9 Å². The summed E-state index contributed by atoms with van der Waals surface area (Å²) in [5.74, 6) is 1.49. The summed E-state index contributed by atoms with van der Waals surface area (Å²) in [5.41, 5.74) is 5.82. The van der Waals surface area contributed by atoms with E-state index < -0.39 is 0 Å². The summed E-state index contributed by atoms with van der Waals surface area (Å²) in [7, 11) is 4.17. The molecule has 0 aromatic carbocycles. The van der Waals surface area contributed by atoms with Crippen LogP contribution in [-0.4, -0.2) is 37.4 Å². The molecule has 1 atom stereocenters. The lowest BCUT2D eigenvalue weighted by molar-refractivity contribution is 0.386. The third-order valence-corrected chi connectivity index (χ3v) is 2.36. The van der Waals surface area contributed by atoms with Crippen LogP contribution < -0.4 is 5.73 Å². The topological polar surface area (TPSA) is 41.6 Å². The highest BCUT2D eigenvalue weighted by Crippen LogP contribution is 2.29. The Morgan fingerprint density at radius 1 is 1.54 bits per heavy atom. The highest BCUT2D eigenvalue weighted by Gasteiger charge is 2.25. The largest absolute Gasteiger partial charge is 0.387 e. The van der Waals surface area contributed by atoms with Gasteiger partial charge in [-0.15, -0.1) is 0 Å². The lowest BCUT2D eigenvalue weighted by Gasteiger charge is -2.12. The Balaban J connectivity index is 2.22. The van der Waals surface area contributed by atoms with E-state index in [1.165, 1.54) is 12.8 Å². The average Bonchev–Trinajstić information content (AvgIpc) is 2.82. The third-order valence-electron chi connectivity index (χ3n) is 2.36. The van der Waals surface area contributed by atoms with Crippen molar-refractivity contribution in [2.24, 2.45) is 16.6 Å². The normalized spacial score (nSPS) is 20.8. The molecule has 0 aliphatic heterocycles. The van der Waals surface area contributed by atoms with E-state index in [1.54, 1.807) is 0 Å². The number of nitrogens with zero attached hydrogens (tertiary/aromatic N) is 2. The van der Waals surface area contributed by atoms with Crippen LogP contribution in [0.1, 0.15) is 26.2 Å². The fraction of sp³-hybridized carbons (Fsp3) is 0.900. The van der Waals surface area contributed by atoms with Crippen LogP contribution in [-0.2, 0) is 0 Å². The maximum Gasteiger partial charge on any atom is 0.0971 e. The van der Waals surface area contributed by atoms with Crippen molar-refractivity contribution in [3.05, 3.63) is 0 Å². The minimum absolute atomic E-state index is 0.378. The van der Waals surface area contributed by atoms with Gasteiger partial charge in [-0.1, -0.05) is 0 Å². The molecule has 2 N–H and O–H groups in total. The Bertz CT molecular complexity index is 183. The second-order valence-corrected chi connectivity index (χ2v) is 4.27. The van der Waals surface area contributed by atoms with E-state index in [9.17, 15) is 0 Å². The van der Waals surface area contributed by atoms with Gasteiger partial charge in [0.25, 0.3) is 0 Å². The lowest BCUT2D eigenvalue weighted by Crippen LogP contribution is -2.21. The summed E-state index contributed by atoms with van der Waals surface area (Å²) in [5, 5.41) is 0. The highest BCUT2D eigenvalue weighted by atomic mass is 15.1. The first-order valence-corrected chi connectivity index (χ1v) is 5.07. The van der Waals surface area contributed by atoms with Crippen molar-refractivity contribution in [2.45, 2.75) is 32.2 Å². The molecule has 1 rings (SSSR count). The van der Waals surface area contributed by atoms with Crippen LogP contribution in [0.2, 0.25) is 0 Å². The van der Waals surface area contributed by atoms with E-state index in [-0.39, 0.29) is 0 Å². The Kier molecular flexibility index (Phi) is 3.72. The molecule has 0 aromatic heterocycles. The van der Waals surface area contributed by atoms with Gasteiger partial charge in [0.2, 0.25) is 0 Å². The first-order valence-electron chi connectivity index (χ1n) is 5.07. The number of hydrogen-bond acceptors (Lipinski definition) is 2. The van der Waals surface area contributed by atoms with Gasteiger partial charge < -0.3 is 10.6 Å². The molecule has 1 fully saturated rings. The summed E-state index contributed by atoms with van der Waals surface area (Å²) < 4.78 is 0. The molecule has 1 unspecified atom stereocenters. The first kappa shape index (κ1) is 10.5. The molecule has 3 nitrogen and oxygen atoms in total. The molecule has 13 heavy (non-hydrogen) atoms. The molecule has 76 valence electrons. The summed E-state index contributed by atoms with van der Waals surface area (Å²) in [4.78, 5) is 6.66. The molecule has 1 aliphatic rings. The number of nitrogens with two attached hydrogens (primary N) is 1. The van der Waals surface area contributed by atoms with E-state index in [0.717, 1.165) is 18.8 Å². The van der Waals surface area contributed by atoms with Gasteiger partial charge in [-0.3, -0.25) is 4.99 Å². The van der Waals surface area contributed by atoms with E-state index >= 15 is 0 Å². The maximum absolute atomic E-state index is 5.82. The van der Waals surface area contributed by atoms with Crippen molar-refractivity contribution in [3.63, 3.8) is 0 Å². The first-order chi connectivity index (χ1) is 6.09. The maximum atomic E-state index is 5.82. The molecule has 0 amide bonds. The Hall–Kier alpha value is -0.570. The third kappa shape index (κ3) is 4.27. The molecule has 3 heteroatoms. The average molecular weight is 183 g/mol. The van der Waals surface area contributed by atoms with E-state index in [1.807, 2.05) is 0 Å². The van der Waals surface area contributed by atoms with Crippen LogP contribution in [0.3, 0.4) is 0 Å². The van der Waals surface area contributed by atoms with Crippen molar-refractivity contribution in [2.75, 3.05) is 20.6 Å². The van der Waals surface area contributed by atoms with Gasteiger partial charge in [0.1, 0.15) is 0 Å². The van der Waals surface area contributed by atoms with Crippen molar-refractivity contribution >= 4 is 5.84 Å². The summed E-state index contributed by atoms with van der Waals surface area (Å²) in [6.45, 7) is 3.22. The molecule has 0 bridgehead atoms. The van der Waals surface area contributed by atoms with Gasteiger partial charge in [-0.05, 0) is 46.8 Å². The standard InChI is InChI=1S/C10H21N3/c1-8(6-7-13(2)3)12-10(11)9-4-5-9/h8-9H,4-7H2,1-3H3,(H2,11,12). The summed E-state index contributed by atoms with van der Waals surface area (Å²) in [6, 6.07) is 0.378. The van der Waals surface area contributed by atoms with Gasteiger partial charge in [-0.2, -0.15) is 0 Å². The molecule has 0 aromatic rings. The monoisotopic (exact) mass is 183 g/mol. The van der Waals surface area contributed by atoms with E-state index in [4.69, 9.17) is 5.73 Å². The predicted molar refractivity (Wildman–Crippen MR) is 57.0 cm³/mol. The van der Waals surface area contributed by atoms with E-state index in [0.29, 0.717) is 12.0 Å². The Morgan fingerprint density at radius 3 is 2.62 bits per heavy atom. The Morgan fingerprint density at radius 2 is 2.15 bits per heavy atom. The molecule has 1 aliphatic carbocycles. The van der Waals surface area contributed by atoms with Gasteiger partial charge in [-0.25, -0.2) is 0 Å². The minimum Gasteiger partial charge on any atom is -0.387 e. The fourth-order valence-electron chi connectivity index (χ4n) is 1.25. The van der Waals surface area contributed by atoms with Crippen molar-refractivity contribution in [1.82, 2.24) is 4.90 Å². The molecule has 1 saturated carbocycles. The van der Waals surface area contributed by atoms with Crippen molar-refractivity contribution < 1.29 is 0 Å². The number of rotatable bonds is 5. The highest BCUT2D eigenvalue weighted by molar-refractivity contribution is 5.85. The number of aliphatic imine (C=N–C) groups is 1. The van der Waals surface area contributed by atoms with Crippen LogP contribution in [0.15, 0.2) is 4.99 Å². The smallest absolute Gasteiger partial charge is 0.0971 e. The lowest BCUT2D eigenvalue weighted by atomic mass is 10.2. The number of amidine groups is 1. The molecule has 0 saturated heterocycles. The molecule has 0 radical (unpaired) electrons. The second-order valence-electron chi connectivity index (χ2n) is 4.27. The molecule has 0 spiro atoms. The van der Waals surface area contributed by atoms with Crippen LogP contribution in [0.25, 0.3) is 0 Å². The van der Waals surface area contributed by atoms with Crippen LogP contribution in [0.4, 0.5) is 0 Å². The van der Waals surface area contributed by atoms with Crippen molar-refractivity contribution in [1.29, 1.82) is 0 Å². The van der Waals surface area contributed by atoms with Crippen LogP contribution in [0, 0.1) is 5.92 Å². The predicted octanol–water partition coefficient (Wildman–Crippen LogP) is 1.09. The molecular formula is C10H21N3. The van der Waals surface area contributed by atoms with E-state index in [2.05, 4.69) is 30.9 Å². The summed E-state index contributed by atoms with van der Waals surface area (Å²) in [6.07, 6.45) is 3.59. The Labute approximate surface area is 81.0 Å². The zero-order chi connectivity index (χ0) is 9.84. The zero-order valence-electron chi connectivity index (χ0n) is 8.95. The minimum atomic E-state index is 0.378. The fourth-order valence-corrected chi connectivity index (χ4v) is 1.25. The van der Waals surface area contributed by atoms with Gasteiger partial charge in [0.15, 0.2) is 0 Å². The molecule has 0 heterocycles. The second kappa shape index (κ2) is 4.61. The summed E-state index contributed by atoms with van der Waals surface area (Å²) >= 11 is 0. The number of hydrogen-bond donors (Lipinski definition) is 1. The van der Waals surface area contributed by atoms with Gasteiger partial charge in [0, 0.05) is 5.92 Å². The molecular weight excluding hydrogens is 162 g/mol. The van der Waals surface area contributed by atoms with Crippen molar-refractivity contribution in [3.8, 4) is 0 Å². The van der Waals surface area contributed by atoms with Gasteiger partial charge >= 0.3 is 0 Å². The van der Waals surface area contributed by atoms with Crippen LogP contribution in [0.5, 0.6) is 0 Å². The SMILES string of the molecule is CC(CCN(C)C)N=C(N)C1CC1. The van der Waals surface area contributed by atoms with Crippen LogP contribution >= 0.6 is 0 Å². The quantitative estimate of drug-likeness (QED) is 0.512. The zero-order valence-corrected chi connectivity index (χ0v) is 8.95.